The monoisotopic (exact) mass is 316 g/mol. The molecule has 1 radical (unpaired) electrons. The third-order valence-corrected chi connectivity index (χ3v) is 3.49. The van der Waals surface area contributed by atoms with E-state index in [-0.39, 0.29) is 16.2 Å². The molecule has 0 aliphatic carbocycles. The van der Waals surface area contributed by atoms with Gasteiger partial charge in [0.05, 0.1) is 16.0 Å². The lowest BCUT2D eigenvalue weighted by atomic mass is 10.0. The Kier molecular flexibility index (Phi) is 2.57. The molecule has 0 amide bonds. The van der Waals surface area contributed by atoms with Crippen LogP contribution in [0.4, 0.5) is 5.69 Å². The van der Waals surface area contributed by atoms with Gasteiger partial charge >= 0.3 is 0 Å². The molecule has 2 heterocycles. The van der Waals surface area contributed by atoms with Crippen molar-refractivity contribution in [2.75, 3.05) is 0 Å². The van der Waals surface area contributed by atoms with E-state index in [1.807, 2.05) is 0 Å². The van der Waals surface area contributed by atoms with Crippen molar-refractivity contribution in [1.29, 1.82) is 0 Å². The van der Waals surface area contributed by atoms with Crippen LogP contribution in [0, 0.1) is 16.2 Å². The van der Waals surface area contributed by atoms with Crippen LogP contribution in [0.1, 0.15) is 0 Å². The van der Waals surface area contributed by atoms with Crippen molar-refractivity contribution in [1.82, 2.24) is 20.6 Å². The zero-order valence-corrected chi connectivity index (χ0v) is 11.2. The Morgan fingerprint density at radius 1 is 1.09 bits per heavy atom. The average Bonchev–Trinajstić information content (AvgIpc) is 3.15. The van der Waals surface area contributed by atoms with Gasteiger partial charge < -0.3 is 0 Å². The lowest BCUT2D eigenvalue weighted by molar-refractivity contribution is -0.385. The summed E-state index contributed by atoms with van der Waals surface area (Å²) in [7, 11) is 0. The molecule has 22 heavy (non-hydrogen) atoms. The summed E-state index contributed by atoms with van der Waals surface area (Å²) in [6.45, 7) is 0. The van der Waals surface area contributed by atoms with E-state index in [0.717, 1.165) is 0 Å². The predicted octanol–water partition coefficient (Wildman–Crippen LogP) is 2.79. The summed E-state index contributed by atoms with van der Waals surface area (Å²) < 4.78 is 9.26. The maximum atomic E-state index is 11.0. The Labute approximate surface area is 125 Å². The molecule has 4 rings (SSSR count). The number of rotatable bonds is 2. The van der Waals surface area contributed by atoms with E-state index in [1.54, 1.807) is 12.1 Å². The van der Waals surface area contributed by atoms with Crippen molar-refractivity contribution in [2.24, 2.45) is 0 Å². The summed E-state index contributed by atoms with van der Waals surface area (Å²) in [6, 6.07) is 7.13. The minimum atomic E-state index is -0.582. The molecule has 2 aromatic carbocycles. The van der Waals surface area contributed by atoms with E-state index in [1.165, 1.54) is 6.07 Å². The van der Waals surface area contributed by atoms with Crippen molar-refractivity contribution in [2.45, 2.75) is 0 Å². The lowest BCUT2D eigenvalue weighted by Gasteiger charge is -2.04. The number of halogens is 1. The number of fused-ring (bicyclic) bond motifs is 2. The summed E-state index contributed by atoms with van der Waals surface area (Å²) in [5.74, 6) is 0. The Morgan fingerprint density at radius 2 is 1.82 bits per heavy atom. The van der Waals surface area contributed by atoms with Crippen molar-refractivity contribution < 1.29 is 14.2 Å². The van der Waals surface area contributed by atoms with Crippen molar-refractivity contribution in [3.05, 3.63) is 39.4 Å². The molecule has 0 saturated carbocycles. The number of hydrogen-bond acceptors (Lipinski definition) is 8. The molecule has 0 spiro atoms. The Balaban J connectivity index is 2.08. The number of non-ortho nitro benzene ring substituents is 1. The summed E-state index contributed by atoms with van der Waals surface area (Å²) in [5.41, 5.74) is 1.80. The summed E-state index contributed by atoms with van der Waals surface area (Å²) in [4.78, 5) is 10.4. The van der Waals surface area contributed by atoms with Gasteiger partial charge in [0.25, 0.3) is 5.69 Å². The normalized spacial score (nSPS) is 11.3. The van der Waals surface area contributed by atoms with E-state index in [9.17, 15) is 10.1 Å². The molecule has 0 atom stereocenters. The van der Waals surface area contributed by atoms with Crippen LogP contribution < -0.4 is 0 Å². The van der Waals surface area contributed by atoms with Gasteiger partial charge in [-0.2, -0.15) is 0 Å². The Bertz CT molecular complexity index is 1040. The van der Waals surface area contributed by atoms with Crippen molar-refractivity contribution in [3.8, 4) is 11.1 Å². The largest absolute Gasteiger partial charge is 0.280 e. The maximum absolute atomic E-state index is 11.0. The molecule has 0 aliphatic rings. The highest BCUT2D eigenvalue weighted by Crippen LogP contribution is 2.37. The van der Waals surface area contributed by atoms with Crippen LogP contribution in [0.15, 0.2) is 27.5 Å². The molecule has 107 valence electrons. The Hall–Kier alpha value is -3.07. The van der Waals surface area contributed by atoms with Crippen LogP contribution in [0.5, 0.6) is 0 Å². The van der Waals surface area contributed by atoms with Gasteiger partial charge in [-0.3, -0.25) is 10.1 Å². The fourth-order valence-electron chi connectivity index (χ4n) is 2.12. The van der Waals surface area contributed by atoms with Crippen LogP contribution in [-0.2, 0) is 0 Å². The molecule has 0 unspecified atom stereocenters. The van der Waals surface area contributed by atoms with Gasteiger partial charge in [-0.25, -0.2) is 9.26 Å². The molecule has 0 bridgehead atoms. The number of aromatic nitrogens is 4. The molecular formula is C12H3ClN5O4. The number of nitro groups is 1. The average molecular weight is 317 g/mol. The van der Waals surface area contributed by atoms with E-state index >= 15 is 0 Å². The molecule has 0 fully saturated rings. The number of nitro benzene ring substituents is 1. The van der Waals surface area contributed by atoms with Gasteiger partial charge in [0.1, 0.15) is 16.6 Å². The van der Waals surface area contributed by atoms with Crippen LogP contribution in [0.25, 0.3) is 33.2 Å². The van der Waals surface area contributed by atoms with Gasteiger partial charge in [-0.05, 0) is 26.7 Å². The third-order valence-electron chi connectivity index (χ3n) is 3.11. The molecule has 9 nitrogen and oxygen atoms in total. The fraction of sp³-hybridized carbons (Fsp3) is 0. The first-order valence-corrected chi connectivity index (χ1v) is 6.27. The smallest absolute Gasteiger partial charge is 0.258 e. The summed E-state index contributed by atoms with van der Waals surface area (Å²) in [5, 5.41) is 26.0. The van der Waals surface area contributed by atoms with Crippen LogP contribution in [0.3, 0.4) is 0 Å². The molecule has 4 aromatic rings. The SMILES string of the molecule is O=[N+]([O-])c1[c]c(-c2ccc3nonc3c2Cl)c2nonc2c1. The number of benzene rings is 2. The van der Waals surface area contributed by atoms with E-state index in [0.29, 0.717) is 27.7 Å². The first kappa shape index (κ1) is 12.7. The van der Waals surface area contributed by atoms with Gasteiger partial charge in [-0.15, -0.1) is 0 Å². The third kappa shape index (κ3) is 1.72. The minimum absolute atomic E-state index is 0.222. The van der Waals surface area contributed by atoms with Gasteiger partial charge in [0, 0.05) is 17.2 Å². The first-order valence-electron chi connectivity index (χ1n) is 5.89. The van der Waals surface area contributed by atoms with Crippen molar-refractivity contribution >= 4 is 39.4 Å². The molecular weight excluding hydrogens is 314 g/mol. The number of hydrogen-bond donors (Lipinski definition) is 0. The van der Waals surface area contributed by atoms with Crippen LogP contribution in [-0.4, -0.2) is 25.5 Å². The minimum Gasteiger partial charge on any atom is -0.258 e. The highest BCUT2D eigenvalue weighted by molar-refractivity contribution is 6.38. The Morgan fingerprint density at radius 3 is 2.59 bits per heavy atom. The van der Waals surface area contributed by atoms with Crippen molar-refractivity contribution in [3.63, 3.8) is 0 Å². The second kappa shape index (κ2) is 4.46. The first-order chi connectivity index (χ1) is 10.6. The topological polar surface area (TPSA) is 121 Å². The van der Waals surface area contributed by atoms with E-state index in [2.05, 4.69) is 36.0 Å². The molecule has 0 aliphatic heterocycles. The zero-order valence-electron chi connectivity index (χ0n) is 10.5. The van der Waals surface area contributed by atoms with Gasteiger partial charge in [0.15, 0.2) is 5.52 Å². The molecule has 0 saturated heterocycles. The molecule has 0 N–H and O–H groups in total. The van der Waals surface area contributed by atoms with E-state index < -0.39 is 4.92 Å². The van der Waals surface area contributed by atoms with E-state index in [4.69, 9.17) is 11.6 Å². The number of nitrogens with zero attached hydrogens (tertiary/aromatic N) is 5. The maximum Gasteiger partial charge on any atom is 0.280 e. The second-order valence-electron chi connectivity index (χ2n) is 4.34. The van der Waals surface area contributed by atoms with Gasteiger partial charge in [0.2, 0.25) is 0 Å². The quantitative estimate of drug-likeness (QED) is 0.408. The molecule has 10 heteroatoms. The van der Waals surface area contributed by atoms with Gasteiger partial charge in [-0.1, -0.05) is 17.7 Å². The fourth-order valence-corrected chi connectivity index (χ4v) is 2.41. The lowest BCUT2D eigenvalue weighted by Crippen LogP contribution is -1.91. The highest BCUT2D eigenvalue weighted by Gasteiger charge is 2.21. The van der Waals surface area contributed by atoms with Crippen LogP contribution >= 0.6 is 11.6 Å². The highest BCUT2D eigenvalue weighted by atomic mass is 35.5. The summed E-state index contributed by atoms with van der Waals surface area (Å²) >= 11 is 6.29. The molecule has 2 aromatic heterocycles. The predicted molar refractivity (Wildman–Crippen MR) is 73.1 cm³/mol. The zero-order chi connectivity index (χ0) is 15.3. The second-order valence-corrected chi connectivity index (χ2v) is 4.72. The van der Waals surface area contributed by atoms with Crippen LogP contribution in [0.2, 0.25) is 5.02 Å². The standard InChI is InChI=1S/C12H3ClN5O4/c13-10-6(1-2-8-12(10)17-21-14-8)7-3-5(18(19)20)4-9-11(7)16-22-15-9/h1-2,4H. The summed E-state index contributed by atoms with van der Waals surface area (Å²) in [6.07, 6.45) is 0.